The van der Waals surface area contributed by atoms with E-state index in [1.807, 2.05) is 0 Å². The predicted octanol–water partition coefficient (Wildman–Crippen LogP) is 2.66. The van der Waals surface area contributed by atoms with Gasteiger partial charge in [-0.3, -0.25) is 0 Å². The van der Waals surface area contributed by atoms with E-state index in [1.165, 1.54) is 18.2 Å². The molecule has 0 bridgehead atoms. The van der Waals surface area contributed by atoms with Gasteiger partial charge in [-0.25, -0.2) is 9.18 Å². The Hall–Kier alpha value is -2.15. The van der Waals surface area contributed by atoms with Crippen LogP contribution in [0.25, 0.3) is 6.08 Å². The van der Waals surface area contributed by atoms with Crippen molar-refractivity contribution in [3.63, 3.8) is 0 Å². The van der Waals surface area contributed by atoms with Crippen LogP contribution in [0.2, 0.25) is 0 Å². The van der Waals surface area contributed by atoms with Crippen molar-refractivity contribution < 1.29 is 13.9 Å². The summed E-state index contributed by atoms with van der Waals surface area (Å²) in [4.78, 5) is 11.3. The van der Waals surface area contributed by atoms with E-state index in [-0.39, 0.29) is 5.56 Å². The fourth-order valence-electron chi connectivity index (χ4n) is 1.27. The molecule has 0 aromatic heterocycles. The Labute approximate surface area is 99.1 Å². The molecular formula is C13H12FNO2. The molecule has 0 radical (unpaired) electrons. The molecule has 0 heterocycles. The number of nitrogens with zero attached hydrogens (tertiary/aromatic N) is 1. The molecule has 4 heteroatoms. The lowest BCUT2D eigenvalue weighted by atomic mass is 10.1. The van der Waals surface area contributed by atoms with Gasteiger partial charge in [-0.1, -0.05) is 6.07 Å². The summed E-state index contributed by atoms with van der Waals surface area (Å²) < 4.78 is 17.9. The van der Waals surface area contributed by atoms with Crippen LogP contribution in [0.1, 0.15) is 25.0 Å². The van der Waals surface area contributed by atoms with Gasteiger partial charge in [0, 0.05) is 5.57 Å². The molecule has 0 aliphatic heterocycles. The highest BCUT2D eigenvalue weighted by atomic mass is 19.1. The molecule has 0 aliphatic carbocycles. The fourth-order valence-corrected chi connectivity index (χ4v) is 1.27. The van der Waals surface area contributed by atoms with Crippen LogP contribution in [0, 0.1) is 17.1 Å². The maximum atomic E-state index is 13.1. The molecule has 0 unspecified atom stereocenters. The molecule has 1 rings (SSSR count). The summed E-state index contributed by atoms with van der Waals surface area (Å²) in [6.45, 7) is 3.63. The first kappa shape index (κ1) is 12.9. The fraction of sp³-hybridized carbons (Fsp3) is 0.231. The average molecular weight is 233 g/mol. The zero-order valence-electron chi connectivity index (χ0n) is 9.66. The molecule has 1 aromatic carbocycles. The lowest BCUT2D eigenvalue weighted by Crippen LogP contribution is -2.04. The molecule has 0 spiro atoms. The third-order valence-corrected chi connectivity index (χ3v) is 2.09. The van der Waals surface area contributed by atoms with E-state index in [4.69, 9.17) is 10.00 Å². The largest absolute Gasteiger partial charge is 0.463 e. The van der Waals surface area contributed by atoms with E-state index in [2.05, 4.69) is 0 Å². The van der Waals surface area contributed by atoms with Crippen LogP contribution in [-0.2, 0) is 9.53 Å². The van der Waals surface area contributed by atoms with E-state index >= 15 is 0 Å². The van der Waals surface area contributed by atoms with Crippen molar-refractivity contribution in [1.82, 2.24) is 0 Å². The summed E-state index contributed by atoms with van der Waals surface area (Å²) in [5.74, 6) is -0.992. The van der Waals surface area contributed by atoms with E-state index in [0.717, 1.165) is 0 Å². The second kappa shape index (κ2) is 5.80. The van der Waals surface area contributed by atoms with Crippen LogP contribution >= 0.6 is 0 Å². The van der Waals surface area contributed by atoms with Gasteiger partial charge in [0.1, 0.15) is 11.9 Å². The van der Waals surface area contributed by atoms with E-state index < -0.39 is 11.8 Å². The van der Waals surface area contributed by atoms with Crippen LogP contribution in [0.3, 0.4) is 0 Å². The molecule has 0 amide bonds. The van der Waals surface area contributed by atoms with Crippen molar-refractivity contribution in [1.29, 1.82) is 5.26 Å². The number of benzene rings is 1. The maximum Gasteiger partial charge on any atom is 0.333 e. The lowest BCUT2D eigenvalue weighted by molar-refractivity contribution is -0.138. The van der Waals surface area contributed by atoms with Crippen molar-refractivity contribution in [3.05, 3.63) is 40.7 Å². The second-order valence-corrected chi connectivity index (χ2v) is 3.40. The van der Waals surface area contributed by atoms with E-state index in [9.17, 15) is 9.18 Å². The number of carbonyl (C=O) groups excluding carboxylic acids is 1. The number of rotatable bonds is 3. The molecule has 0 aliphatic rings. The molecule has 0 fully saturated rings. The molecule has 17 heavy (non-hydrogen) atoms. The van der Waals surface area contributed by atoms with Crippen LogP contribution in [0.4, 0.5) is 4.39 Å². The summed E-state index contributed by atoms with van der Waals surface area (Å²) in [5.41, 5.74) is 0.950. The maximum absolute atomic E-state index is 13.1. The molecule has 0 saturated heterocycles. The van der Waals surface area contributed by atoms with Crippen molar-refractivity contribution in [2.75, 3.05) is 6.61 Å². The van der Waals surface area contributed by atoms with Crippen LogP contribution in [0.15, 0.2) is 23.8 Å². The van der Waals surface area contributed by atoms with Crippen molar-refractivity contribution in [2.24, 2.45) is 0 Å². The quantitative estimate of drug-likeness (QED) is 0.595. The minimum Gasteiger partial charge on any atom is -0.463 e. The topological polar surface area (TPSA) is 50.1 Å². The zero-order chi connectivity index (χ0) is 12.8. The first-order chi connectivity index (χ1) is 8.08. The normalized spacial score (nSPS) is 10.8. The second-order valence-electron chi connectivity index (χ2n) is 3.40. The molecule has 1 aromatic rings. The highest BCUT2D eigenvalue weighted by Crippen LogP contribution is 2.13. The number of carbonyl (C=O) groups is 1. The molecular weight excluding hydrogens is 221 g/mol. The number of nitriles is 1. The molecule has 88 valence electrons. The van der Waals surface area contributed by atoms with Crippen LogP contribution in [-0.4, -0.2) is 12.6 Å². The third kappa shape index (κ3) is 3.42. The smallest absolute Gasteiger partial charge is 0.333 e. The number of hydrogen-bond acceptors (Lipinski definition) is 3. The van der Waals surface area contributed by atoms with Crippen molar-refractivity contribution in [3.8, 4) is 6.07 Å². The summed E-state index contributed by atoms with van der Waals surface area (Å²) in [6, 6.07) is 5.83. The SMILES string of the molecule is CCOC(=O)/C(C)=C/c1ccc(F)c(C#N)c1. The number of hydrogen-bond donors (Lipinski definition) is 0. The van der Waals surface area contributed by atoms with Gasteiger partial charge in [0.15, 0.2) is 0 Å². The van der Waals surface area contributed by atoms with Gasteiger partial charge in [-0.15, -0.1) is 0 Å². The minimum atomic E-state index is -0.571. The Morgan fingerprint density at radius 2 is 2.29 bits per heavy atom. The van der Waals surface area contributed by atoms with Gasteiger partial charge < -0.3 is 4.74 Å². The highest BCUT2D eigenvalue weighted by Gasteiger charge is 2.06. The number of esters is 1. The van der Waals surface area contributed by atoms with Gasteiger partial charge in [0.25, 0.3) is 0 Å². The van der Waals surface area contributed by atoms with Gasteiger partial charge in [-0.05, 0) is 37.6 Å². The van der Waals surface area contributed by atoms with E-state index in [1.54, 1.807) is 26.0 Å². The summed E-state index contributed by atoms with van der Waals surface area (Å²) in [6.07, 6.45) is 1.55. The first-order valence-electron chi connectivity index (χ1n) is 5.13. The number of ether oxygens (including phenoxy) is 1. The van der Waals surface area contributed by atoms with Gasteiger partial charge >= 0.3 is 5.97 Å². The third-order valence-electron chi connectivity index (χ3n) is 2.09. The van der Waals surface area contributed by atoms with Crippen molar-refractivity contribution >= 4 is 12.0 Å². The monoisotopic (exact) mass is 233 g/mol. The van der Waals surface area contributed by atoms with Gasteiger partial charge in [-0.2, -0.15) is 5.26 Å². The Morgan fingerprint density at radius 1 is 1.59 bits per heavy atom. The molecule has 0 saturated carbocycles. The Balaban J connectivity index is 2.99. The summed E-state index contributed by atoms with van der Waals surface area (Å²) >= 11 is 0. The number of halogens is 1. The molecule has 0 atom stereocenters. The summed E-state index contributed by atoms with van der Waals surface area (Å²) in [5, 5.41) is 8.67. The standard InChI is InChI=1S/C13H12FNO2/c1-3-17-13(16)9(2)6-10-4-5-12(14)11(7-10)8-15/h4-7H,3H2,1-2H3/b9-6+. The van der Waals surface area contributed by atoms with Gasteiger partial charge in [0.2, 0.25) is 0 Å². The average Bonchev–Trinajstić information content (AvgIpc) is 2.31. The van der Waals surface area contributed by atoms with Crippen LogP contribution in [0.5, 0.6) is 0 Å². The molecule has 3 nitrogen and oxygen atoms in total. The minimum absolute atomic E-state index is 0.0459. The first-order valence-corrected chi connectivity index (χ1v) is 5.13. The van der Waals surface area contributed by atoms with Crippen molar-refractivity contribution in [2.45, 2.75) is 13.8 Å². The lowest BCUT2D eigenvalue weighted by Gasteiger charge is -2.02. The van der Waals surface area contributed by atoms with Crippen LogP contribution < -0.4 is 0 Å². The predicted molar refractivity (Wildman–Crippen MR) is 61.4 cm³/mol. The van der Waals surface area contributed by atoms with E-state index in [0.29, 0.717) is 17.7 Å². The van der Waals surface area contributed by atoms with Gasteiger partial charge in [0.05, 0.1) is 12.2 Å². The molecule has 0 N–H and O–H groups in total. The Kier molecular flexibility index (Phi) is 4.41. The summed E-state index contributed by atoms with van der Waals surface area (Å²) in [7, 11) is 0. The zero-order valence-corrected chi connectivity index (χ0v) is 9.66. The Bertz CT molecular complexity index is 501. The Morgan fingerprint density at radius 3 is 2.88 bits per heavy atom. The highest BCUT2D eigenvalue weighted by molar-refractivity contribution is 5.93.